The van der Waals surface area contributed by atoms with Crippen molar-refractivity contribution in [2.75, 3.05) is 19.8 Å². The molecule has 1 amide bonds. The molecule has 0 radical (unpaired) electrons. The van der Waals surface area contributed by atoms with E-state index in [-0.39, 0.29) is 0 Å². The quantitative estimate of drug-likeness (QED) is 0.368. The number of nitrogens with one attached hydrogen (secondary N) is 1. The Morgan fingerprint density at radius 1 is 1.11 bits per heavy atom. The summed E-state index contributed by atoms with van der Waals surface area (Å²) < 4.78 is 19.6. The van der Waals surface area contributed by atoms with Gasteiger partial charge in [0.25, 0.3) is 0 Å². The molecule has 1 aromatic heterocycles. The highest BCUT2D eigenvalue weighted by molar-refractivity contribution is 5.98. The van der Waals surface area contributed by atoms with E-state index in [0.717, 1.165) is 40.8 Å². The third-order valence-electron chi connectivity index (χ3n) is 7.18. The summed E-state index contributed by atoms with van der Waals surface area (Å²) in [5, 5.41) is 13.5. The summed E-state index contributed by atoms with van der Waals surface area (Å²) >= 11 is 0. The summed E-state index contributed by atoms with van der Waals surface area (Å²) in [7, 11) is 0. The fourth-order valence-corrected chi connectivity index (χ4v) is 5.63. The lowest BCUT2D eigenvalue weighted by molar-refractivity contribution is 0.0519. The number of alkyl carbamates (subject to hydrolysis) is 1. The van der Waals surface area contributed by atoms with Gasteiger partial charge in [0.15, 0.2) is 0 Å². The van der Waals surface area contributed by atoms with Gasteiger partial charge in [-0.25, -0.2) is 9.59 Å². The van der Waals surface area contributed by atoms with Crippen molar-refractivity contribution in [2.24, 2.45) is 0 Å². The molecule has 8 nitrogen and oxygen atoms in total. The van der Waals surface area contributed by atoms with Crippen LogP contribution in [0.2, 0.25) is 0 Å². The van der Waals surface area contributed by atoms with Crippen LogP contribution in [0.5, 0.6) is 11.5 Å². The molecule has 2 heterocycles. The molecule has 202 valence electrons. The highest BCUT2D eigenvalue weighted by Crippen LogP contribution is 2.47. The second kappa shape index (κ2) is 10.6. The van der Waals surface area contributed by atoms with Gasteiger partial charge in [-0.05, 0) is 69.4 Å². The van der Waals surface area contributed by atoms with Crippen LogP contribution in [-0.4, -0.2) is 47.1 Å². The smallest absolute Gasteiger partial charge is 0.407 e. The number of amides is 1. The summed E-state index contributed by atoms with van der Waals surface area (Å²) in [5.74, 6) is 0.917. The molecule has 5 rings (SSSR count). The van der Waals surface area contributed by atoms with Crippen molar-refractivity contribution >= 4 is 23.0 Å². The predicted octanol–water partition coefficient (Wildman–Crippen LogP) is 6.35. The Bertz CT molecular complexity index is 1350. The Morgan fingerprint density at radius 3 is 2.63 bits per heavy atom. The summed E-state index contributed by atoms with van der Waals surface area (Å²) in [5.41, 5.74) is 4.12. The minimum absolute atomic E-state index is 0.294. The predicted molar refractivity (Wildman–Crippen MR) is 145 cm³/mol. The molecule has 2 N–H and O–H groups in total. The summed E-state index contributed by atoms with van der Waals surface area (Å²) in [4.78, 5) is 23.6. The lowest BCUT2D eigenvalue weighted by Gasteiger charge is -2.23. The van der Waals surface area contributed by atoms with E-state index in [1.54, 1.807) is 12.1 Å². The average molecular weight is 521 g/mol. The second-order valence-corrected chi connectivity index (χ2v) is 11.1. The molecule has 0 bridgehead atoms. The van der Waals surface area contributed by atoms with Crippen molar-refractivity contribution < 1.29 is 28.9 Å². The number of rotatable bonds is 6. The van der Waals surface area contributed by atoms with Crippen molar-refractivity contribution in [3.63, 3.8) is 0 Å². The van der Waals surface area contributed by atoms with Gasteiger partial charge < -0.3 is 29.2 Å². The van der Waals surface area contributed by atoms with Crippen LogP contribution in [0.15, 0.2) is 36.4 Å². The topological polar surface area (TPSA) is 99.0 Å². The van der Waals surface area contributed by atoms with Gasteiger partial charge in [0.2, 0.25) is 0 Å². The zero-order valence-corrected chi connectivity index (χ0v) is 22.3. The van der Waals surface area contributed by atoms with Gasteiger partial charge in [0.05, 0.1) is 24.3 Å². The molecule has 0 unspecified atom stereocenters. The van der Waals surface area contributed by atoms with Crippen LogP contribution in [0.25, 0.3) is 22.2 Å². The van der Waals surface area contributed by atoms with Crippen LogP contribution in [0.4, 0.5) is 4.79 Å². The third kappa shape index (κ3) is 5.44. The molecule has 3 aromatic rings. The molecule has 38 heavy (non-hydrogen) atoms. The first-order valence-corrected chi connectivity index (χ1v) is 13.5. The maximum atomic E-state index is 11.9. The van der Waals surface area contributed by atoms with Gasteiger partial charge in [0, 0.05) is 22.5 Å². The number of hydrogen-bond donors (Lipinski definition) is 2. The Morgan fingerprint density at radius 2 is 1.89 bits per heavy atom. The number of aromatic carboxylic acids is 1. The number of carboxylic acids is 1. The van der Waals surface area contributed by atoms with Gasteiger partial charge in [0.1, 0.15) is 30.3 Å². The van der Waals surface area contributed by atoms with E-state index in [4.69, 9.17) is 14.2 Å². The molecular formula is C30H36N2O6. The van der Waals surface area contributed by atoms with Crippen LogP contribution in [0, 0.1) is 0 Å². The monoisotopic (exact) mass is 520 g/mol. The van der Waals surface area contributed by atoms with Crippen molar-refractivity contribution in [2.45, 2.75) is 70.9 Å². The normalized spacial score (nSPS) is 15.7. The highest BCUT2D eigenvalue weighted by Gasteiger charge is 2.29. The van der Waals surface area contributed by atoms with E-state index >= 15 is 0 Å². The Labute approximate surface area is 222 Å². The lowest BCUT2D eigenvalue weighted by Crippen LogP contribution is -2.34. The van der Waals surface area contributed by atoms with Gasteiger partial charge in [-0.15, -0.1) is 0 Å². The van der Waals surface area contributed by atoms with Crippen molar-refractivity contribution in [1.29, 1.82) is 0 Å². The maximum absolute atomic E-state index is 11.9. The minimum Gasteiger partial charge on any atom is -0.492 e. The SMILES string of the molecule is CC(C)(C)OC(=O)NCCOc1ccc2c(c1)OCCn1c-2c(C2CCCCC2)c2ccc(C(=O)O)cc21. The van der Waals surface area contributed by atoms with Crippen LogP contribution >= 0.6 is 0 Å². The number of benzene rings is 2. The number of nitrogens with zero attached hydrogens (tertiary/aromatic N) is 1. The number of carboxylic acid groups (broad SMARTS) is 1. The van der Waals surface area contributed by atoms with Crippen LogP contribution in [-0.2, 0) is 11.3 Å². The maximum Gasteiger partial charge on any atom is 0.407 e. The van der Waals surface area contributed by atoms with E-state index in [1.807, 2.05) is 45.0 Å². The van der Waals surface area contributed by atoms with E-state index in [2.05, 4.69) is 9.88 Å². The lowest BCUT2D eigenvalue weighted by atomic mass is 9.81. The van der Waals surface area contributed by atoms with Gasteiger partial charge in [-0.3, -0.25) is 0 Å². The standard InChI is InChI=1S/C30H36N2O6/c1-30(2,3)38-29(35)31-13-15-36-21-10-12-23-25(18-21)37-16-14-32-24-17-20(28(33)34)9-11-22(24)26(27(23)32)19-7-5-4-6-8-19/h9-12,17-19H,4-8,13-16H2,1-3H3,(H,31,35)(H,33,34). The molecule has 1 fully saturated rings. The summed E-state index contributed by atoms with van der Waals surface area (Å²) in [6.45, 7) is 7.18. The number of fused-ring (bicyclic) bond motifs is 5. The first kappa shape index (κ1) is 25.9. The van der Waals surface area contributed by atoms with Crippen LogP contribution in [0.1, 0.15) is 74.7 Å². The Kier molecular flexibility index (Phi) is 7.23. The van der Waals surface area contributed by atoms with Gasteiger partial charge in [-0.2, -0.15) is 0 Å². The van der Waals surface area contributed by atoms with Crippen molar-refractivity contribution in [1.82, 2.24) is 9.88 Å². The fraction of sp³-hybridized carbons (Fsp3) is 0.467. The molecule has 8 heteroatoms. The molecule has 0 atom stereocenters. The molecule has 1 aliphatic heterocycles. The number of carbonyl (C=O) groups is 2. The number of carbonyl (C=O) groups excluding carboxylic acids is 1. The molecule has 1 aliphatic carbocycles. The molecule has 0 spiro atoms. The number of ether oxygens (including phenoxy) is 3. The fourth-order valence-electron chi connectivity index (χ4n) is 5.63. The van der Waals surface area contributed by atoms with Gasteiger partial charge in [-0.1, -0.05) is 25.3 Å². The molecule has 1 saturated carbocycles. The molecule has 2 aliphatic rings. The van der Waals surface area contributed by atoms with E-state index in [1.165, 1.54) is 24.8 Å². The average Bonchev–Trinajstić information content (AvgIpc) is 3.07. The van der Waals surface area contributed by atoms with Crippen molar-refractivity contribution in [3.05, 3.63) is 47.5 Å². The van der Waals surface area contributed by atoms with Crippen LogP contribution < -0.4 is 14.8 Å². The zero-order valence-electron chi connectivity index (χ0n) is 22.3. The largest absolute Gasteiger partial charge is 0.492 e. The minimum atomic E-state index is -0.921. The van der Waals surface area contributed by atoms with E-state index < -0.39 is 17.7 Å². The first-order valence-electron chi connectivity index (χ1n) is 13.5. The van der Waals surface area contributed by atoms with Crippen LogP contribution in [0.3, 0.4) is 0 Å². The first-order chi connectivity index (χ1) is 18.2. The number of aromatic nitrogens is 1. The highest BCUT2D eigenvalue weighted by atomic mass is 16.6. The van der Waals surface area contributed by atoms with Gasteiger partial charge >= 0.3 is 12.1 Å². The molecular weight excluding hydrogens is 484 g/mol. The Balaban J connectivity index is 1.45. The number of hydrogen-bond acceptors (Lipinski definition) is 5. The van der Waals surface area contributed by atoms with E-state index in [0.29, 0.717) is 43.5 Å². The summed E-state index contributed by atoms with van der Waals surface area (Å²) in [6, 6.07) is 11.4. The van der Waals surface area contributed by atoms with E-state index in [9.17, 15) is 14.7 Å². The summed E-state index contributed by atoms with van der Waals surface area (Å²) in [6.07, 6.45) is 5.47. The molecule has 2 aromatic carbocycles. The molecule has 0 saturated heterocycles. The second-order valence-electron chi connectivity index (χ2n) is 11.1. The third-order valence-corrected chi connectivity index (χ3v) is 7.18. The zero-order chi connectivity index (χ0) is 26.9. The Hall–Kier alpha value is -3.68. The van der Waals surface area contributed by atoms with Crippen molar-refractivity contribution in [3.8, 4) is 22.8 Å².